The largest absolute Gasteiger partial charge is 0.394 e. The van der Waals surface area contributed by atoms with Gasteiger partial charge in [-0.3, -0.25) is 0 Å². The van der Waals surface area contributed by atoms with E-state index in [0.717, 1.165) is 17.5 Å². The van der Waals surface area contributed by atoms with Gasteiger partial charge in [0.1, 0.15) is 11.9 Å². The predicted octanol–water partition coefficient (Wildman–Crippen LogP) is 3.00. The van der Waals surface area contributed by atoms with E-state index in [-0.39, 0.29) is 24.4 Å². The SMILES string of the molecule is CCCNC(=O)N1[C@H](C#N)[C@H](c2ccc(C#Cc3cccc(F)c3)cc2)[C@H]1CO. The second-order valence-corrected chi connectivity index (χ2v) is 6.87. The average Bonchev–Trinajstić information content (AvgIpc) is 2.71. The first kappa shape index (κ1) is 20.4. The minimum absolute atomic E-state index is 0.219. The van der Waals surface area contributed by atoms with Gasteiger partial charge >= 0.3 is 6.03 Å². The molecule has 2 N–H and O–H groups in total. The maximum absolute atomic E-state index is 13.2. The first-order valence-electron chi connectivity index (χ1n) is 9.53. The summed E-state index contributed by atoms with van der Waals surface area (Å²) in [6.45, 7) is 2.25. The first-order valence-corrected chi connectivity index (χ1v) is 9.53. The summed E-state index contributed by atoms with van der Waals surface area (Å²) in [6.07, 6.45) is 0.794. The highest BCUT2D eigenvalue weighted by molar-refractivity contribution is 5.77. The number of likely N-dealkylation sites (tertiary alicyclic amines) is 1. The second kappa shape index (κ2) is 9.23. The Morgan fingerprint density at radius 2 is 1.93 bits per heavy atom. The third-order valence-electron chi connectivity index (χ3n) is 4.96. The third kappa shape index (κ3) is 4.39. The molecule has 3 atom stereocenters. The van der Waals surface area contributed by atoms with E-state index >= 15 is 0 Å². The number of halogens is 1. The van der Waals surface area contributed by atoms with Crippen molar-refractivity contribution in [2.75, 3.05) is 13.2 Å². The van der Waals surface area contributed by atoms with Crippen LogP contribution in [-0.4, -0.2) is 41.3 Å². The van der Waals surface area contributed by atoms with Crippen LogP contribution in [0.15, 0.2) is 48.5 Å². The lowest BCUT2D eigenvalue weighted by molar-refractivity contribution is 0.0169. The van der Waals surface area contributed by atoms with Crippen molar-refractivity contribution >= 4 is 6.03 Å². The van der Waals surface area contributed by atoms with E-state index in [4.69, 9.17) is 0 Å². The van der Waals surface area contributed by atoms with Gasteiger partial charge in [-0.05, 0) is 42.3 Å². The fourth-order valence-electron chi connectivity index (χ4n) is 3.51. The van der Waals surface area contributed by atoms with E-state index in [0.29, 0.717) is 12.1 Å². The number of nitriles is 1. The van der Waals surface area contributed by atoms with Crippen LogP contribution < -0.4 is 5.32 Å². The summed E-state index contributed by atoms with van der Waals surface area (Å²) >= 11 is 0. The Balaban J connectivity index is 1.75. The Bertz CT molecular complexity index is 972. The number of urea groups is 1. The monoisotopic (exact) mass is 391 g/mol. The first-order chi connectivity index (χ1) is 14.1. The summed E-state index contributed by atoms with van der Waals surface area (Å²) in [6, 6.07) is 14.2. The molecule has 3 rings (SSSR count). The summed E-state index contributed by atoms with van der Waals surface area (Å²) in [5.74, 6) is 5.31. The predicted molar refractivity (Wildman–Crippen MR) is 107 cm³/mol. The van der Waals surface area contributed by atoms with Crippen LogP contribution in [0.2, 0.25) is 0 Å². The van der Waals surface area contributed by atoms with Gasteiger partial charge < -0.3 is 15.3 Å². The second-order valence-electron chi connectivity index (χ2n) is 6.87. The molecule has 148 valence electrons. The Kier molecular flexibility index (Phi) is 6.49. The maximum Gasteiger partial charge on any atom is 0.318 e. The molecule has 1 saturated heterocycles. The molecule has 5 nitrogen and oxygen atoms in total. The molecule has 1 aliphatic heterocycles. The molecule has 1 heterocycles. The molecule has 0 bridgehead atoms. The van der Waals surface area contributed by atoms with E-state index in [1.807, 2.05) is 31.2 Å². The Labute approximate surface area is 169 Å². The fourth-order valence-corrected chi connectivity index (χ4v) is 3.51. The fraction of sp³-hybridized carbons (Fsp3) is 0.304. The number of amides is 2. The molecule has 2 aromatic carbocycles. The molecule has 0 aromatic heterocycles. The highest BCUT2D eigenvalue weighted by atomic mass is 19.1. The van der Waals surface area contributed by atoms with Crippen molar-refractivity contribution in [1.29, 1.82) is 5.26 Å². The van der Waals surface area contributed by atoms with Crippen molar-refractivity contribution < 1.29 is 14.3 Å². The lowest BCUT2D eigenvalue weighted by Gasteiger charge is -2.51. The van der Waals surface area contributed by atoms with E-state index in [1.54, 1.807) is 12.1 Å². The van der Waals surface area contributed by atoms with Gasteiger partial charge in [-0.2, -0.15) is 5.26 Å². The Morgan fingerprint density at radius 1 is 1.21 bits per heavy atom. The number of hydrogen-bond acceptors (Lipinski definition) is 3. The molecule has 1 aliphatic rings. The molecule has 0 spiro atoms. The van der Waals surface area contributed by atoms with Crippen molar-refractivity contribution in [2.24, 2.45) is 0 Å². The molecule has 6 heteroatoms. The number of aliphatic hydroxyl groups is 1. The molecular weight excluding hydrogens is 369 g/mol. The highest BCUT2D eigenvalue weighted by Gasteiger charge is 2.51. The van der Waals surface area contributed by atoms with Crippen molar-refractivity contribution in [3.8, 4) is 17.9 Å². The number of nitrogens with zero attached hydrogens (tertiary/aromatic N) is 2. The van der Waals surface area contributed by atoms with Crippen molar-refractivity contribution in [2.45, 2.75) is 31.3 Å². The zero-order valence-electron chi connectivity index (χ0n) is 16.1. The molecule has 29 heavy (non-hydrogen) atoms. The summed E-state index contributed by atoms with van der Waals surface area (Å²) in [5, 5.41) is 22.1. The summed E-state index contributed by atoms with van der Waals surface area (Å²) in [4.78, 5) is 13.7. The molecule has 2 aromatic rings. The minimum atomic E-state index is -0.631. The van der Waals surface area contributed by atoms with Crippen LogP contribution in [0.4, 0.5) is 9.18 Å². The van der Waals surface area contributed by atoms with Gasteiger partial charge in [0.05, 0.1) is 18.7 Å². The van der Waals surface area contributed by atoms with Crippen LogP contribution in [0.25, 0.3) is 0 Å². The summed E-state index contributed by atoms with van der Waals surface area (Å²) in [7, 11) is 0. The summed E-state index contributed by atoms with van der Waals surface area (Å²) in [5.41, 5.74) is 2.21. The number of rotatable bonds is 4. The molecule has 0 saturated carbocycles. The van der Waals surface area contributed by atoms with Gasteiger partial charge in [0.2, 0.25) is 0 Å². The number of carbonyl (C=O) groups is 1. The molecule has 0 unspecified atom stereocenters. The van der Waals surface area contributed by atoms with Crippen LogP contribution in [0, 0.1) is 29.0 Å². The molecule has 2 amide bonds. The molecule has 0 radical (unpaired) electrons. The zero-order valence-corrected chi connectivity index (χ0v) is 16.1. The smallest absolute Gasteiger partial charge is 0.318 e. The average molecular weight is 391 g/mol. The van der Waals surface area contributed by atoms with Crippen LogP contribution in [0.5, 0.6) is 0 Å². The zero-order chi connectivity index (χ0) is 20.8. The van der Waals surface area contributed by atoms with Crippen LogP contribution >= 0.6 is 0 Å². The lowest BCUT2D eigenvalue weighted by atomic mass is 9.76. The lowest BCUT2D eigenvalue weighted by Crippen LogP contribution is -2.67. The van der Waals surface area contributed by atoms with Gasteiger partial charge in [0.25, 0.3) is 0 Å². The van der Waals surface area contributed by atoms with E-state index in [1.165, 1.54) is 17.0 Å². The number of hydrogen-bond donors (Lipinski definition) is 2. The molecule has 1 fully saturated rings. The van der Waals surface area contributed by atoms with Crippen molar-refractivity contribution in [3.63, 3.8) is 0 Å². The van der Waals surface area contributed by atoms with Crippen LogP contribution in [-0.2, 0) is 0 Å². The highest BCUT2D eigenvalue weighted by Crippen LogP contribution is 2.40. The number of nitrogens with one attached hydrogen (secondary N) is 1. The van der Waals surface area contributed by atoms with Gasteiger partial charge in [-0.1, -0.05) is 37.0 Å². The van der Waals surface area contributed by atoms with E-state index < -0.39 is 12.1 Å². The van der Waals surface area contributed by atoms with Crippen molar-refractivity contribution in [3.05, 3.63) is 71.0 Å². The number of benzene rings is 2. The van der Waals surface area contributed by atoms with Crippen molar-refractivity contribution in [1.82, 2.24) is 10.2 Å². The quantitative estimate of drug-likeness (QED) is 0.787. The summed E-state index contributed by atoms with van der Waals surface area (Å²) < 4.78 is 13.2. The maximum atomic E-state index is 13.2. The molecule has 0 aliphatic carbocycles. The van der Waals surface area contributed by atoms with E-state index in [2.05, 4.69) is 23.2 Å². The Morgan fingerprint density at radius 3 is 2.55 bits per heavy atom. The van der Waals surface area contributed by atoms with Gasteiger partial charge in [0, 0.05) is 23.6 Å². The normalized spacial score (nSPS) is 20.1. The topological polar surface area (TPSA) is 76.4 Å². The third-order valence-corrected chi connectivity index (χ3v) is 4.96. The number of carbonyl (C=O) groups excluding carboxylic acids is 1. The minimum Gasteiger partial charge on any atom is -0.394 e. The van der Waals surface area contributed by atoms with Crippen LogP contribution in [0.1, 0.15) is 36.0 Å². The van der Waals surface area contributed by atoms with Gasteiger partial charge in [-0.25, -0.2) is 9.18 Å². The standard InChI is InChI=1S/C23H22FN3O2/c1-2-12-26-23(29)27-20(14-25)22(21(27)15-28)18-10-8-16(9-11-18)6-7-17-4-3-5-19(24)13-17/h3-5,8-11,13,20-22,28H,2,12,15H2,1H3,(H,26,29)/t20-,21-,22+/m1/s1. The van der Waals surface area contributed by atoms with Gasteiger partial charge in [-0.15, -0.1) is 0 Å². The molecular formula is C23H22FN3O2. The Hall–Kier alpha value is -3.35. The van der Waals surface area contributed by atoms with Gasteiger partial charge in [0.15, 0.2) is 0 Å². The van der Waals surface area contributed by atoms with Crippen LogP contribution in [0.3, 0.4) is 0 Å². The van der Waals surface area contributed by atoms with E-state index in [9.17, 15) is 19.6 Å². The number of aliphatic hydroxyl groups excluding tert-OH is 1.